The summed E-state index contributed by atoms with van der Waals surface area (Å²) in [6.07, 6.45) is 6.17. The first-order chi connectivity index (χ1) is 14.0. The Balaban J connectivity index is 1.41. The highest BCUT2D eigenvalue weighted by molar-refractivity contribution is 6.06. The average molecular weight is 393 g/mol. The van der Waals surface area contributed by atoms with Crippen LogP contribution in [0.25, 0.3) is 10.9 Å². The largest absolute Gasteiger partial charge is 0.361 e. The molecule has 2 fully saturated rings. The molecule has 1 atom stereocenters. The van der Waals surface area contributed by atoms with E-state index in [4.69, 9.17) is 0 Å². The minimum atomic E-state index is -0.891. The van der Waals surface area contributed by atoms with E-state index in [-0.39, 0.29) is 6.54 Å². The van der Waals surface area contributed by atoms with Gasteiger partial charge in [0.15, 0.2) is 0 Å². The van der Waals surface area contributed by atoms with Gasteiger partial charge < -0.3 is 15.6 Å². The van der Waals surface area contributed by atoms with E-state index in [9.17, 15) is 19.6 Å². The SMILES string of the molecule is N#CC1(NC(=O)CN2C(=O)N[C@H](Cc3c[nH]c4ccccc34)C2=O)CCCCC1. The second-order valence-corrected chi connectivity index (χ2v) is 7.79. The van der Waals surface area contributed by atoms with Crippen LogP contribution in [-0.4, -0.2) is 45.9 Å². The molecule has 0 spiro atoms. The number of nitrogens with zero attached hydrogens (tertiary/aromatic N) is 2. The molecule has 4 amide bonds. The van der Waals surface area contributed by atoms with Crippen LogP contribution in [0.3, 0.4) is 0 Å². The normalized spacial score (nSPS) is 21.1. The summed E-state index contributed by atoms with van der Waals surface area (Å²) < 4.78 is 0. The maximum absolute atomic E-state index is 12.7. The minimum Gasteiger partial charge on any atom is -0.361 e. The zero-order chi connectivity index (χ0) is 20.4. The monoisotopic (exact) mass is 393 g/mol. The molecule has 1 aromatic carbocycles. The van der Waals surface area contributed by atoms with Gasteiger partial charge in [0.1, 0.15) is 18.1 Å². The number of rotatable bonds is 5. The summed E-state index contributed by atoms with van der Waals surface area (Å²) in [5.41, 5.74) is 0.999. The predicted octanol–water partition coefficient (Wildman–Crippen LogP) is 1.97. The summed E-state index contributed by atoms with van der Waals surface area (Å²) in [7, 11) is 0. The number of aromatic amines is 1. The average Bonchev–Trinajstić information content (AvgIpc) is 3.25. The third-order valence-electron chi connectivity index (χ3n) is 5.81. The van der Waals surface area contributed by atoms with Gasteiger partial charge in [0, 0.05) is 23.5 Å². The number of carbonyl (C=O) groups excluding carboxylic acids is 3. The lowest BCUT2D eigenvalue weighted by atomic mass is 9.83. The molecule has 2 aromatic rings. The Morgan fingerprint density at radius 3 is 2.76 bits per heavy atom. The maximum atomic E-state index is 12.7. The standard InChI is InChI=1S/C21H23N5O3/c22-13-21(8-4-1-5-9-21)25-18(27)12-26-19(28)17(24-20(26)29)10-14-11-23-16-7-3-2-6-15(14)16/h2-3,6-7,11,17,23H,1,4-5,8-10,12H2,(H,24,29)(H,25,27)/t17-/m1/s1. The fourth-order valence-corrected chi connectivity index (χ4v) is 4.26. The number of urea groups is 1. The van der Waals surface area contributed by atoms with Crippen molar-refractivity contribution in [1.82, 2.24) is 20.5 Å². The molecular formula is C21H23N5O3. The van der Waals surface area contributed by atoms with E-state index in [1.807, 2.05) is 30.5 Å². The third kappa shape index (κ3) is 3.68. The number of hydrogen-bond acceptors (Lipinski definition) is 4. The number of hydrogen-bond donors (Lipinski definition) is 3. The fraction of sp³-hybridized carbons (Fsp3) is 0.429. The van der Waals surface area contributed by atoms with Crippen molar-refractivity contribution in [3.63, 3.8) is 0 Å². The van der Waals surface area contributed by atoms with Crippen LogP contribution in [0.5, 0.6) is 0 Å². The van der Waals surface area contributed by atoms with Crippen molar-refractivity contribution >= 4 is 28.7 Å². The molecule has 3 N–H and O–H groups in total. The summed E-state index contributed by atoms with van der Waals surface area (Å²) in [6, 6.07) is 8.66. The fourth-order valence-electron chi connectivity index (χ4n) is 4.26. The lowest BCUT2D eigenvalue weighted by Crippen LogP contribution is -2.52. The molecule has 0 radical (unpaired) electrons. The van der Waals surface area contributed by atoms with Crippen molar-refractivity contribution < 1.29 is 14.4 Å². The molecule has 1 aliphatic carbocycles. The van der Waals surface area contributed by atoms with E-state index >= 15 is 0 Å². The van der Waals surface area contributed by atoms with E-state index in [1.165, 1.54) is 0 Å². The summed E-state index contributed by atoms with van der Waals surface area (Å²) in [5.74, 6) is -0.908. The van der Waals surface area contributed by atoms with Crippen molar-refractivity contribution in [3.05, 3.63) is 36.0 Å². The molecule has 1 aromatic heterocycles. The van der Waals surface area contributed by atoms with Crippen molar-refractivity contribution in [2.75, 3.05) is 6.54 Å². The highest BCUT2D eigenvalue weighted by Gasteiger charge is 2.41. The van der Waals surface area contributed by atoms with E-state index in [0.717, 1.165) is 40.6 Å². The molecule has 2 aliphatic rings. The first-order valence-corrected chi connectivity index (χ1v) is 9.90. The van der Waals surface area contributed by atoms with Crippen LogP contribution in [0.1, 0.15) is 37.7 Å². The van der Waals surface area contributed by atoms with Gasteiger partial charge in [0.05, 0.1) is 6.07 Å². The van der Waals surface area contributed by atoms with Gasteiger partial charge in [-0.3, -0.25) is 14.5 Å². The van der Waals surface area contributed by atoms with Crippen molar-refractivity contribution in [1.29, 1.82) is 5.26 Å². The zero-order valence-electron chi connectivity index (χ0n) is 16.0. The van der Waals surface area contributed by atoms with E-state index in [0.29, 0.717) is 19.3 Å². The number of aromatic nitrogens is 1. The molecule has 8 heteroatoms. The maximum Gasteiger partial charge on any atom is 0.325 e. The molecule has 0 bridgehead atoms. The number of amides is 4. The summed E-state index contributed by atoms with van der Waals surface area (Å²) >= 11 is 0. The lowest BCUT2D eigenvalue weighted by Gasteiger charge is -2.31. The zero-order valence-corrected chi connectivity index (χ0v) is 16.0. The van der Waals surface area contributed by atoms with Crippen molar-refractivity contribution in [3.8, 4) is 6.07 Å². The predicted molar refractivity (Wildman–Crippen MR) is 106 cm³/mol. The summed E-state index contributed by atoms with van der Waals surface area (Å²) in [5, 5.41) is 15.9. The van der Waals surface area contributed by atoms with Gasteiger partial charge in [-0.05, 0) is 24.5 Å². The van der Waals surface area contributed by atoms with Gasteiger partial charge in [-0.25, -0.2) is 4.79 Å². The lowest BCUT2D eigenvalue weighted by molar-refractivity contribution is -0.132. The Bertz CT molecular complexity index is 999. The molecule has 0 unspecified atom stereocenters. The quantitative estimate of drug-likeness (QED) is 0.673. The van der Waals surface area contributed by atoms with Crippen LogP contribution in [0.15, 0.2) is 30.5 Å². The minimum absolute atomic E-state index is 0.342. The molecule has 2 heterocycles. The van der Waals surface area contributed by atoms with Gasteiger partial charge >= 0.3 is 6.03 Å². The smallest absolute Gasteiger partial charge is 0.325 e. The Labute approximate surface area is 168 Å². The molecule has 150 valence electrons. The Morgan fingerprint density at radius 2 is 2.00 bits per heavy atom. The van der Waals surface area contributed by atoms with Crippen LogP contribution in [-0.2, 0) is 16.0 Å². The number of para-hydroxylation sites is 1. The van der Waals surface area contributed by atoms with Gasteiger partial charge in [-0.15, -0.1) is 0 Å². The number of carbonyl (C=O) groups is 3. The number of nitriles is 1. The number of H-pyrrole nitrogens is 1. The van der Waals surface area contributed by atoms with Crippen LogP contribution in [0.4, 0.5) is 4.79 Å². The number of imide groups is 1. The highest BCUT2D eigenvalue weighted by atomic mass is 16.2. The second-order valence-electron chi connectivity index (χ2n) is 7.79. The van der Waals surface area contributed by atoms with Crippen LogP contribution in [0.2, 0.25) is 0 Å². The van der Waals surface area contributed by atoms with E-state index < -0.39 is 29.4 Å². The molecule has 1 saturated heterocycles. The summed E-state index contributed by atoms with van der Waals surface area (Å²) in [6.45, 7) is -0.377. The van der Waals surface area contributed by atoms with Gasteiger partial charge in [-0.1, -0.05) is 37.5 Å². The number of benzene rings is 1. The van der Waals surface area contributed by atoms with Crippen molar-refractivity contribution in [2.24, 2.45) is 0 Å². The first-order valence-electron chi connectivity index (χ1n) is 9.90. The molecule has 8 nitrogen and oxygen atoms in total. The van der Waals surface area contributed by atoms with E-state index in [1.54, 1.807) is 0 Å². The molecular weight excluding hydrogens is 370 g/mol. The van der Waals surface area contributed by atoms with E-state index in [2.05, 4.69) is 21.7 Å². The van der Waals surface area contributed by atoms with Crippen LogP contribution >= 0.6 is 0 Å². The second kappa shape index (κ2) is 7.59. The van der Waals surface area contributed by atoms with Crippen LogP contribution in [0, 0.1) is 11.3 Å². The Morgan fingerprint density at radius 1 is 1.24 bits per heavy atom. The third-order valence-corrected chi connectivity index (χ3v) is 5.81. The van der Waals surface area contributed by atoms with Gasteiger partial charge in [0.2, 0.25) is 5.91 Å². The Kier molecular flexibility index (Phi) is 4.97. The molecule has 1 saturated carbocycles. The molecule has 29 heavy (non-hydrogen) atoms. The molecule has 4 rings (SSSR count). The highest BCUT2D eigenvalue weighted by Crippen LogP contribution is 2.27. The first kappa shape index (κ1) is 19.0. The van der Waals surface area contributed by atoms with Crippen LogP contribution < -0.4 is 10.6 Å². The Hall–Kier alpha value is -3.34. The topological polar surface area (TPSA) is 118 Å². The van der Waals surface area contributed by atoms with Gasteiger partial charge in [0.25, 0.3) is 5.91 Å². The van der Waals surface area contributed by atoms with Crippen molar-refractivity contribution in [2.45, 2.75) is 50.1 Å². The molecule has 1 aliphatic heterocycles. The number of fused-ring (bicyclic) bond motifs is 1. The summed E-state index contributed by atoms with van der Waals surface area (Å²) in [4.78, 5) is 41.6. The number of nitrogens with one attached hydrogen (secondary N) is 3. The van der Waals surface area contributed by atoms with Gasteiger partial charge in [-0.2, -0.15) is 5.26 Å².